The Morgan fingerprint density at radius 1 is 1.03 bits per heavy atom. The number of carbonyl (C=O) groups excluding carboxylic acids is 2. The largest absolute Gasteiger partial charge is 0.336 e. The molecular formula is C22H24ClN3O4S. The molecule has 0 spiro atoms. The van der Waals surface area contributed by atoms with Crippen molar-refractivity contribution in [1.29, 1.82) is 0 Å². The Kier molecular flexibility index (Phi) is 5.81. The second-order valence-corrected chi connectivity index (χ2v) is 10.3. The number of carbonyl (C=O) groups is 2. The molecule has 31 heavy (non-hydrogen) atoms. The van der Waals surface area contributed by atoms with Crippen LogP contribution in [0.4, 0.5) is 0 Å². The lowest BCUT2D eigenvalue weighted by Crippen LogP contribution is -2.48. The first-order valence-electron chi connectivity index (χ1n) is 10.2. The van der Waals surface area contributed by atoms with Crippen molar-refractivity contribution in [2.45, 2.75) is 31.3 Å². The van der Waals surface area contributed by atoms with Crippen molar-refractivity contribution in [3.05, 3.63) is 64.2 Å². The molecule has 7 nitrogen and oxygen atoms in total. The number of fused-ring (bicyclic) bond motifs is 1. The van der Waals surface area contributed by atoms with Crippen LogP contribution in [0.25, 0.3) is 0 Å². The third-order valence-electron chi connectivity index (χ3n) is 5.64. The maximum absolute atomic E-state index is 13.0. The van der Waals surface area contributed by atoms with Crippen LogP contribution in [0.15, 0.2) is 47.4 Å². The van der Waals surface area contributed by atoms with Gasteiger partial charge in [0.2, 0.25) is 0 Å². The van der Waals surface area contributed by atoms with Gasteiger partial charge in [-0.3, -0.25) is 14.5 Å². The van der Waals surface area contributed by atoms with Crippen molar-refractivity contribution in [2.75, 3.05) is 26.2 Å². The molecule has 2 aliphatic heterocycles. The Hall–Kier alpha value is -2.42. The van der Waals surface area contributed by atoms with Crippen LogP contribution in [-0.2, 0) is 16.6 Å². The van der Waals surface area contributed by atoms with E-state index in [9.17, 15) is 18.0 Å². The predicted molar refractivity (Wildman–Crippen MR) is 118 cm³/mol. The number of halogens is 1. The summed E-state index contributed by atoms with van der Waals surface area (Å²) in [6.45, 7) is 6.62. The molecule has 0 atom stereocenters. The van der Waals surface area contributed by atoms with Gasteiger partial charge in [-0.15, -0.1) is 0 Å². The van der Waals surface area contributed by atoms with E-state index in [1.807, 2.05) is 24.3 Å². The molecule has 0 saturated carbocycles. The van der Waals surface area contributed by atoms with Gasteiger partial charge in [-0.2, -0.15) is 0 Å². The van der Waals surface area contributed by atoms with Crippen LogP contribution in [0, 0.1) is 0 Å². The van der Waals surface area contributed by atoms with Crippen LogP contribution in [0.3, 0.4) is 0 Å². The molecule has 2 amide bonds. The molecule has 2 aromatic carbocycles. The summed E-state index contributed by atoms with van der Waals surface area (Å²) in [4.78, 5) is 29.4. The quantitative estimate of drug-likeness (QED) is 0.699. The molecular weight excluding hydrogens is 438 g/mol. The minimum atomic E-state index is -3.93. The summed E-state index contributed by atoms with van der Waals surface area (Å²) >= 11 is 5.93. The molecule has 1 fully saturated rings. The monoisotopic (exact) mass is 461 g/mol. The minimum Gasteiger partial charge on any atom is -0.336 e. The molecule has 0 unspecified atom stereocenters. The molecule has 0 bridgehead atoms. The van der Waals surface area contributed by atoms with Gasteiger partial charge >= 0.3 is 0 Å². The summed E-state index contributed by atoms with van der Waals surface area (Å²) in [5.74, 6) is -0.764. The molecule has 4 rings (SSSR count). The third-order valence-corrected chi connectivity index (χ3v) is 7.89. The lowest BCUT2D eigenvalue weighted by molar-refractivity contribution is 0.0627. The van der Waals surface area contributed by atoms with Crippen molar-refractivity contribution in [2.24, 2.45) is 0 Å². The molecule has 0 aliphatic carbocycles. The van der Waals surface area contributed by atoms with E-state index >= 15 is 0 Å². The van der Waals surface area contributed by atoms with Gasteiger partial charge in [-0.05, 0) is 49.7 Å². The smallest absolute Gasteiger partial charge is 0.269 e. The Labute approximate surface area is 187 Å². The van der Waals surface area contributed by atoms with Crippen LogP contribution in [0.2, 0.25) is 5.02 Å². The summed E-state index contributed by atoms with van der Waals surface area (Å²) in [6, 6.07) is 11.6. The summed E-state index contributed by atoms with van der Waals surface area (Å²) in [5, 5.41) is 0.703. The number of hydrogen-bond donors (Lipinski definition) is 0. The topological polar surface area (TPSA) is 78.0 Å². The highest BCUT2D eigenvalue weighted by atomic mass is 35.5. The fraction of sp³-hybridized carbons (Fsp3) is 0.364. The standard InChI is InChI=1S/C22H24ClN3O4S/c1-15(2)26-22(28)19-8-5-17(13-20(19)31(26,29)30)21(27)25-11-9-24(10-12-25)14-16-3-6-18(23)7-4-16/h3-8,13,15H,9-12,14H2,1-2H3. The number of piperazine rings is 1. The first-order valence-corrected chi connectivity index (χ1v) is 12.0. The van der Waals surface area contributed by atoms with E-state index < -0.39 is 22.0 Å². The normalized spacial score (nSPS) is 18.5. The summed E-state index contributed by atoms with van der Waals surface area (Å²) in [6.07, 6.45) is 0. The van der Waals surface area contributed by atoms with Crippen molar-refractivity contribution in [1.82, 2.24) is 14.1 Å². The Bertz CT molecular complexity index is 1120. The van der Waals surface area contributed by atoms with E-state index in [1.165, 1.54) is 12.1 Å². The molecule has 2 aliphatic rings. The second-order valence-electron chi connectivity index (χ2n) is 8.11. The predicted octanol–water partition coefficient (Wildman–Crippen LogP) is 2.85. The van der Waals surface area contributed by atoms with Crippen LogP contribution >= 0.6 is 11.6 Å². The zero-order chi connectivity index (χ0) is 22.3. The Morgan fingerprint density at radius 3 is 2.29 bits per heavy atom. The van der Waals surface area contributed by atoms with Gasteiger partial charge in [0, 0.05) is 49.4 Å². The summed E-state index contributed by atoms with van der Waals surface area (Å²) in [5.41, 5.74) is 1.57. The zero-order valence-corrected chi connectivity index (χ0v) is 19.0. The maximum Gasteiger partial charge on any atom is 0.269 e. The van der Waals surface area contributed by atoms with Gasteiger partial charge < -0.3 is 4.90 Å². The van der Waals surface area contributed by atoms with Crippen molar-refractivity contribution in [3.8, 4) is 0 Å². The summed E-state index contributed by atoms with van der Waals surface area (Å²) in [7, 11) is -3.93. The highest BCUT2D eigenvalue weighted by Gasteiger charge is 2.43. The number of benzene rings is 2. The van der Waals surface area contributed by atoms with E-state index in [1.54, 1.807) is 24.8 Å². The fourth-order valence-electron chi connectivity index (χ4n) is 4.03. The number of hydrogen-bond acceptors (Lipinski definition) is 5. The van der Waals surface area contributed by atoms with E-state index in [0.29, 0.717) is 18.1 Å². The molecule has 2 aromatic rings. The fourth-order valence-corrected chi connectivity index (χ4v) is 5.95. The van der Waals surface area contributed by atoms with Gasteiger partial charge in [0.05, 0.1) is 5.56 Å². The molecule has 1 saturated heterocycles. The number of sulfonamides is 1. The molecule has 0 aromatic heterocycles. The highest BCUT2D eigenvalue weighted by molar-refractivity contribution is 7.90. The third kappa shape index (κ3) is 4.07. The van der Waals surface area contributed by atoms with Crippen molar-refractivity contribution < 1.29 is 18.0 Å². The van der Waals surface area contributed by atoms with E-state index in [-0.39, 0.29) is 21.9 Å². The minimum absolute atomic E-state index is 0.0848. The highest BCUT2D eigenvalue weighted by Crippen LogP contribution is 2.33. The SMILES string of the molecule is CC(C)N1C(=O)c2ccc(C(=O)N3CCN(Cc4ccc(Cl)cc4)CC3)cc2S1(=O)=O. The van der Waals surface area contributed by atoms with Gasteiger partial charge in [0.1, 0.15) is 4.90 Å². The van der Waals surface area contributed by atoms with Crippen LogP contribution in [0.1, 0.15) is 40.1 Å². The number of nitrogens with zero attached hydrogens (tertiary/aromatic N) is 3. The lowest BCUT2D eigenvalue weighted by atomic mass is 10.1. The van der Waals surface area contributed by atoms with Gasteiger partial charge in [0.15, 0.2) is 0 Å². The summed E-state index contributed by atoms with van der Waals surface area (Å²) < 4.78 is 26.5. The molecule has 164 valence electrons. The van der Waals surface area contributed by atoms with Crippen molar-refractivity contribution >= 4 is 33.4 Å². The first kappa shape index (κ1) is 21.8. The van der Waals surface area contributed by atoms with Gasteiger partial charge in [-0.25, -0.2) is 12.7 Å². The average Bonchev–Trinajstić information content (AvgIpc) is 2.94. The maximum atomic E-state index is 13.0. The second kappa shape index (κ2) is 8.26. The van der Waals surface area contributed by atoms with Crippen LogP contribution in [-0.4, -0.2) is 66.6 Å². The lowest BCUT2D eigenvalue weighted by Gasteiger charge is -2.34. The number of amides is 2. The molecule has 9 heteroatoms. The van der Waals surface area contributed by atoms with Crippen LogP contribution in [0.5, 0.6) is 0 Å². The van der Waals surface area contributed by atoms with E-state index in [2.05, 4.69) is 4.90 Å². The zero-order valence-electron chi connectivity index (χ0n) is 17.4. The van der Waals surface area contributed by atoms with Gasteiger partial charge in [-0.1, -0.05) is 23.7 Å². The first-order chi connectivity index (χ1) is 14.7. The van der Waals surface area contributed by atoms with Gasteiger partial charge in [0.25, 0.3) is 21.8 Å². The van der Waals surface area contributed by atoms with E-state index in [4.69, 9.17) is 11.6 Å². The molecule has 2 heterocycles. The Morgan fingerprint density at radius 2 is 1.68 bits per heavy atom. The van der Waals surface area contributed by atoms with Crippen LogP contribution < -0.4 is 0 Å². The Balaban J connectivity index is 1.45. The van der Waals surface area contributed by atoms with E-state index in [0.717, 1.165) is 29.5 Å². The average molecular weight is 462 g/mol. The number of rotatable bonds is 4. The molecule has 0 radical (unpaired) electrons. The molecule has 0 N–H and O–H groups in total. The van der Waals surface area contributed by atoms with Crippen molar-refractivity contribution in [3.63, 3.8) is 0 Å².